The van der Waals surface area contributed by atoms with E-state index in [0.29, 0.717) is 5.78 Å². The van der Waals surface area contributed by atoms with Crippen LogP contribution in [0.5, 0.6) is 0 Å². The minimum atomic E-state index is 0.0415. The molecule has 2 fully saturated rings. The van der Waals surface area contributed by atoms with Gasteiger partial charge >= 0.3 is 0 Å². The van der Waals surface area contributed by atoms with Gasteiger partial charge in [-0.1, -0.05) is 60.3 Å². The molecule has 2 bridgehead atoms. The molecule has 0 radical (unpaired) electrons. The lowest BCUT2D eigenvalue weighted by atomic mass is 9.74. The second-order valence-electron chi connectivity index (χ2n) is 7.12. The molecule has 2 aromatic carbocycles. The molecular weight excluding hydrogens is 353 g/mol. The van der Waals surface area contributed by atoms with Gasteiger partial charge in [0.25, 0.3) is 0 Å². The SMILES string of the molecule is O=C1[C@H]2CCCC[C@H]1[C@H](c1ccc(Cl)cc1)N[C@@H]2c1ccc(Cl)cc1. The molecule has 2 nitrogen and oxygen atoms in total. The van der Waals surface area contributed by atoms with Crippen LogP contribution in [0.2, 0.25) is 10.0 Å². The van der Waals surface area contributed by atoms with Gasteiger partial charge < -0.3 is 5.32 Å². The summed E-state index contributed by atoms with van der Waals surface area (Å²) in [5.74, 6) is 0.519. The lowest BCUT2D eigenvalue weighted by Crippen LogP contribution is -2.47. The highest BCUT2D eigenvalue weighted by molar-refractivity contribution is 6.30. The highest BCUT2D eigenvalue weighted by Crippen LogP contribution is 2.44. The molecule has 2 aliphatic rings. The molecule has 1 saturated heterocycles. The molecule has 0 aromatic heterocycles. The number of rotatable bonds is 2. The van der Waals surface area contributed by atoms with Crippen LogP contribution in [0, 0.1) is 11.8 Å². The molecular formula is C21H21Cl2NO. The third kappa shape index (κ3) is 3.36. The predicted molar refractivity (Wildman–Crippen MR) is 102 cm³/mol. The van der Waals surface area contributed by atoms with Crippen LogP contribution in [0.25, 0.3) is 0 Å². The highest BCUT2D eigenvalue weighted by Gasteiger charge is 2.45. The van der Waals surface area contributed by atoms with Crippen LogP contribution in [-0.4, -0.2) is 5.78 Å². The van der Waals surface area contributed by atoms with Gasteiger partial charge in [-0.05, 0) is 48.2 Å². The Balaban J connectivity index is 1.73. The van der Waals surface area contributed by atoms with Crippen molar-refractivity contribution in [2.45, 2.75) is 37.8 Å². The number of fused-ring (bicyclic) bond motifs is 2. The van der Waals surface area contributed by atoms with Crippen LogP contribution in [0.3, 0.4) is 0 Å². The minimum Gasteiger partial charge on any atom is -0.302 e. The molecule has 1 heterocycles. The molecule has 4 heteroatoms. The van der Waals surface area contributed by atoms with Crippen molar-refractivity contribution in [2.24, 2.45) is 11.8 Å². The van der Waals surface area contributed by atoms with Gasteiger partial charge in [0.05, 0.1) is 0 Å². The van der Waals surface area contributed by atoms with E-state index in [2.05, 4.69) is 5.32 Å². The van der Waals surface area contributed by atoms with E-state index in [0.717, 1.165) is 46.9 Å². The van der Waals surface area contributed by atoms with Crippen molar-refractivity contribution in [1.29, 1.82) is 0 Å². The number of carbonyl (C=O) groups excluding carboxylic acids is 1. The molecule has 1 aliphatic heterocycles. The summed E-state index contributed by atoms with van der Waals surface area (Å²) in [6.45, 7) is 0. The quantitative estimate of drug-likeness (QED) is 0.725. The van der Waals surface area contributed by atoms with Crippen LogP contribution < -0.4 is 5.32 Å². The molecule has 0 amide bonds. The molecule has 2 aromatic rings. The zero-order valence-electron chi connectivity index (χ0n) is 13.9. The van der Waals surface area contributed by atoms with E-state index >= 15 is 0 Å². The fourth-order valence-electron chi connectivity index (χ4n) is 4.37. The maximum Gasteiger partial charge on any atom is 0.142 e. The zero-order valence-corrected chi connectivity index (χ0v) is 15.4. The van der Waals surface area contributed by atoms with Crippen LogP contribution in [0.1, 0.15) is 48.9 Å². The van der Waals surface area contributed by atoms with Crippen LogP contribution in [-0.2, 0) is 4.79 Å². The van der Waals surface area contributed by atoms with Gasteiger partial charge in [-0.15, -0.1) is 0 Å². The van der Waals surface area contributed by atoms with Crippen LogP contribution in [0.15, 0.2) is 48.5 Å². The summed E-state index contributed by atoms with van der Waals surface area (Å²) in [7, 11) is 0. The van der Waals surface area contributed by atoms with E-state index in [9.17, 15) is 4.79 Å². The number of benzene rings is 2. The van der Waals surface area contributed by atoms with Crippen LogP contribution >= 0.6 is 23.2 Å². The highest BCUT2D eigenvalue weighted by atomic mass is 35.5. The fourth-order valence-corrected chi connectivity index (χ4v) is 4.62. The summed E-state index contributed by atoms with van der Waals surface area (Å²) in [4.78, 5) is 13.2. The summed E-state index contributed by atoms with van der Waals surface area (Å²) in [6.07, 6.45) is 4.16. The Hall–Kier alpha value is -1.35. The van der Waals surface area contributed by atoms with Crippen molar-refractivity contribution in [3.63, 3.8) is 0 Å². The standard InChI is InChI=1S/C21H21Cl2NO/c22-15-9-5-13(6-10-15)19-17-3-1-2-4-18(21(17)25)20(24-19)14-7-11-16(23)12-8-14/h5-12,17-20,24H,1-4H2/t17-,18-,19-,20+/m0/s1. The van der Waals surface area contributed by atoms with Gasteiger partial charge in [-0.2, -0.15) is 0 Å². The molecule has 1 aliphatic carbocycles. The lowest BCUT2D eigenvalue weighted by Gasteiger charge is -2.41. The molecule has 4 atom stereocenters. The topological polar surface area (TPSA) is 29.1 Å². The van der Waals surface area contributed by atoms with Crippen molar-refractivity contribution >= 4 is 29.0 Å². The number of Topliss-reactive ketones (excluding diaryl/α,β-unsaturated/α-hetero) is 1. The monoisotopic (exact) mass is 373 g/mol. The lowest BCUT2D eigenvalue weighted by molar-refractivity contribution is -0.131. The van der Waals surface area contributed by atoms with Crippen molar-refractivity contribution in [2.75, 3.05) is 0 Å². The Morgan fingerprint density at radius 3 is 1.52 bits per heavy atom. The number of halogens is 2. The van der Waals surface area contributed by atoms with Crippen molar-refractivity contribution in [3.05, 3.63) is 69.7 Å². The number of ketones is 1. The average molecular weight is 374 g/mol. The molecule has 130 valence electrons. The van der Waals surface area contributed by atoms with E-state index in [1.807, 2.05) is 48.5 Å². The molecule has 4 rings (SSSR count). The molecule has 1 N–H and O–H groups in total. The number of piperidine rings is 1. The molecule has 1 saturated carbocycles. The predicted octanol–water partition coefficient (Wildman–Crippen LogP) is 5.75. The third-order valence-corrected chi connectivity index (χ3v) is 6.14. The Kier molecular flexibility index (Phi) is 4.86. The summed E-state index contributed by atoms with van der Waals surface area (Å²) < 4.78 is 0. The third-order valence-electron chi connectivity index (χ3n) is 5.63. The van der Waals surface area contributed by atoms with E-state index < -0.39 is 0 Å². The number of carbonyl (C=O) groups is 1. The minimum absolute atomic E-state index is 0.0415. The Morgan fingerprint density at radius 1 is 0.720 bits per heavy atom. The normalized spacial score (nSPS) is 29.3. The summed E-state index contributed by atoms with van der Waals surface area (Å²) in [5.41, 5.74) is 2.28. The van der Waals surface area contributed by atoms with Crippen molar-refractivity contribution in [1.82, 2.24) is 5.32 Å². The van der Waals surface area contributed by atoms with Gasteiger partial charge in [0.15, 0.2) is 0 Å². The van der Waals surface area contributed by atoms with Crippen molar-refractivity contribution < 1.29 is 4.79 Å². The molecule has 0 unspecified atom stereocenters. The molecule has 0 spiro atoms. The zero-order chi connectivity index (χ0) is 17.4. The summed E-state index contributed by atoms with van der Waals surface area (Å²) >= 11 is 12.1. The number of hydrogen-bond donors (Lipinski definition) is 1. The van der Waals surface area contributed by atoms with Gasteiger partial charge in [-0.25, -0.2) is 0 Å². The maximum absolute atomic E-state index is 13.2. The fraction of sp³-hybridized carbons (Fsp3) is 0.381. The average Bonchev–Trinajstić information content (AvgIpc) is 2.74. The Labute approximate surface area is 158 Å². The van der Waals surface area contributed by atoms with Gasteiger partial charge in [0, 0.05) is 34.0 Å². The maximum atomic E-state index is 13.2. The first-order valence-corrected chi connectivity index (χ1v) is 9.70. The van der Waals surface area contributed by atoms with E-state index in [1.54, 1.807) is 0 Å². The first-order chi connectivity index (χ1) is 12.1. The summed E-state index contributed by atoms with van der Waals surface area (Å²) in [6, 6.07) is 15.9. The summed E-state index contributed by atoms with van der Waals surface area (Å²) in [5, 5.41) is 5.23. The number of hydrogen-bond acceptors (Lipinski definition) is 2. The molecule has 25 heavy (non-hydrogen) atoms. The van der Waals surface area contributed by atoms with Gasteiger partial charge in [0.2, 0.25) is 0 Å². The van der Waals surface area contributed by atoms with Crippen LogP contribution in [0.4, 0.5) is 0 Å². The van der Waals surface area contributed by atoms with E-state index in [1.165, 1.54) is 0 Å². The smallest absolute Gasteiger partial charge is 0.142 e. The van der Waals surface area contributed by atoms with E-state index in [-0.39, 0.29) is 23.9 Å². The van der Waals surface area contributed by atoms with Crippen molar-refractivity contribution in [3.8, 4) is 0 Å². The van der Waals surface area contributed by atoms with Gasteiger partial charge in [-0.3, -0.25) is 4.79 Å². The Morgan fingerprint density at radius 2 is 1.12 bits per heavy atom. The van der Waals surface area contributed by atoms with E-state index in [4.69, 9.17) is 23.2 Å². The Bertz CT molecular complexity index is 693. The largest absolute Gasteiger partial charge is 0.302 e. The first kappa shape index (κ1) is 17.1. The van der Waals surface area contributed by atoms with Gasteiger partial charge in [0.1, 0.15) is 5.78 Å². The first-order valence-electron chi connectivity index (χ1n) is 8.94. The second-order valence-corrected chi connectivity index (χ2v) is 8.00. The number of nitrogens with one attached hydrogen (secondary N) is 1. The second kappa shape index (κ2) is 7.11.